The minimum atomic E-state index is -0.327. The van der Waals surface area contributed by atoms with Crippen molar-refractivity contribution < 1.29 is 9.59 Å². The Morgan fingerprint density at radius 2 is 2.43 bits per heavy atom. The first-order chi connectivity index (χ1) is 6.74. The van der Waals surface area contributed by atoms with Gasteiger partial charge in [0, 0.05) is 18.1 Å². The number of nitrogens with one attached hydrogen (secondary N) is 2. The van der Waals surface area contributed by atoms with Crippen LogP contribution >= 0.6 is 11.8 Å². The molecule has 1 aliphatic rings. The van der Waals surface area contributed by atoms with Gasteiger partial charge in [0.25, 0.3) is 0 Å². The first kappa shape index (κ1) is 11.3. The normalized spacial score (nSPS) is 21.0. The Labute approximate surface area is 87.5 Å². The van der Waals surface area contributed by atoms with Crippen LogP contribution in [0.1, 0.15) is 6.42 Å². The minimum absolute atomic E-state index is 0.189. The standard InChI is InChI=1S/C9H14N2O2S/c1-2-4-14-5-3-10-7-6-8(12)11-9(7)13/h2,7,10H,1,3-6H2,(H,11,12,13). The maximum Gasteiger partial charge on any atom is 0.244 e. The van der Waals surface area contributed by atoms with Crippen molar-refractivity contribution in [2.75, 3.05) is 18.1 Å². The average Bonchev–Trinajstić information content (AvgIpc) is 2.45. The first-order valence-electron chi connectivity index (χ1n) is 4.49. The van der Waals surface area contributed by atoms with Crippen molar-refractivity contribution >= 4 is 23.6 Å². The van der Waals surface area contributed by atoms with E-state index in [1.54, 1.807) is 11.8 Å². The van der Waals surface area contributed by atoms with Gasteiger partial charge in [0.2, 0.25) is 11.8 Å². The summed E-state index contributed by atoms with van der Waals surface area (Å²) in [5, 5.41) is 5.29. The SMILES string of the molecule is C=CCSCCNC1CC(=O)NC1=O. The number of imide groups is 1. The van der Waals surface area contributed by atoms with Crippen LogP contribution in [0.2, 0.25) is 0 Å². The highest BCUT2D eigenvalue weighted by Crippen LogP contribution is 2.02. The van der Waals surface area contributed by atoms with Crippen LogP contribution in [0.5, 0.6) is 0 Å². The molecule has 0 spiro atoms. The van der Waals surface area contributed by atoms with E-state index in [0.717, 1.165) is 18.1 Å². The van der Waals surface area contributed by atoms with E-state index >= 15 is 0 Å². The molecule has 5 heteroatoms. The molecule has 0 saturated carbocycles. The summed E-state index contributed by atoms with van der Waals surface area (Å²) >= 11 is 1.74. The lowest BCUT2D eigenvalue weighted by molar-refractivity contribution is -0.125. The van der Waals surface area contributed by atoms with Crippen LogP contribution in [-0.4, -0.2) is 35.9 Å². The van der Waals surface area contributed by atoms with Gasteiger partial charge in [-0.2, -0.15) is 11.8 Å². The van der Waals surface area contributed by atoms with Crippen LogP contribution in [-0.2, 0) is 9.59 Å². The molecule has 0 aromatic rings. The topological polar surface area (TPSA) is 58.2 Å². The molecule has 78 valence electrons. The molecule has 1 rings (SSSR count). The highest BCUT2D eigenvalue weighted by atomic mass is 32.2. The van der Waals surface area contributed by atoms with Crippen molar-refractivity contribution in [1.29, 1.82) is 0 Å². The zero-order valence-electron chi connectivity index (χ0n) is 7.91. The van der Waals surface area contributed by atoms with E-state index in [1.807, 2.05) is 6.08 Å². The van der Waals surface area contributed by atoms with Gasteiger partial charge in [-0.25, -0.2) is 0 Å². The molecule has 4 nitrogen and oxygen atoms in total. The minimum Gasteiger partial charge on any atom is -0.305 e. The van der Waals surface area contributed by atoms with Gasteiger partial charge in [-0.15, -0.1) is 6.58 Å². The van der Waals surface area contributed by atoms with Crippen LogP contribution < -0.4 is 10.6 Å². The summed E-state index contributed by atoms with van der Waals surface area (Å²) in [6.45, 7) is 4.35. The van der Waals surface area contributed by atoms with Gasteiger partial charge in [-0.05, 0) is 0 Å². The van der Waals surface area contributed by atoms with E-state index in [1.165, 1.54) is 0 Å². The Kier molecular flexibility index (Phi) is 4.69. The molecule has 0 bridgehead atoms. The lowest BCUT2D eigenvalue weighted by atomic mass is 10.2. The fourth-order valence-electron chi connectivity index (χ4n) is 1.19. The maximum atomic E-state index is 11.1. The predicted molar refractivity (Wildman–Crippen MR) is 57.1 cm³/mol. The van der Waals surface area contributed by atoms with Crippen LogP contribution in [0, 0.1) is 0 Å². The molecule has 1 saturated heterocycles. The summed E-state index contributed by atoms with van der Waals surface area (Å²) in [5.74, 6) is 1.44. The largest absolute Gasteiger partial charge is 0.305 e. The Morgan fingerprint density at radius 3 is 3.00 bits per heavy atom. The number of carbonyl (C=O) groups excluding carboxylic acids is 2. The molecule has 2 amide bonds. The van der Waals surface area contributed by atoms with Gasteiger partial charge in [0.15, 0.2) is 0 Å². The molecule has 0 aliphatic carbocycles. The summed E-state index contributed by atoms with van der Waals surface area (Å²) < 4.78 is 0. The number of hydrogen-bond donors (Lipinski definition) is 2. The maximum absolute atomic E-state index is 11.1. The van der Waals surface area contributed by atoms with Gasteiger partial charge < -0.3 is 5.32 Å². The zero-order chi connectivity index (χ0) is 10.4. The molecule has 1 atom stereocenters. The van der Waals surface area contributed by atoms with Gasteiger partial charge >= 0.3 is 0 Å². The molecule has 1 unspecified atom stereocenters. The summed E-state index contributed by atoms with van der Waals surface area (Å²) in [5.41, 5.74) is 0. The van der Waals surface area contributed by atoms with Crippen LogP contribution in [0.15, 0.2) is 12.7 Å². The van der Waals surface area contributed by atoms with Crippen molar-refractivity contribution in [2.24, 2.45) is 0 Å². The fraction of sp³-hybridized carbons (Fsp3) is 0.556. The molecule has 1 fully saturated rings. The quantitative estimate of drug-likeness (QED) is 0.368. The smallest absolute Gasteiger partial charge is 0.244 e. The second-order valence-electron chi connectivity index (χ2n) is 2.99. The number of hydrogen-bond acceptors (Lipinski definition) is 4. The van der Waals surface area contributed by atoms with E-state index in [2.05, 4.69) is 17.2 Å². The molecular formula is C9H14N2O2S. The average molecular weight is 214 g/mol. The van der Waals surface area contributed by atoms with Gasteiger partial charge in [-0.1, -0.05) is 6.08 Å². The predicted octanol–water partition coefficient (Wildman–Crippen LogP) is -0.0897. The molecular weight excluding hydrogens is 200 g/mol. The monoisotopic (exact) mass is 214 g/mol. The Balaban J connectivity index is 2.09. The summed E-state index contributed by atoms with van der Waals surface area (Å²) in [7, 11) is 0. The molecule has 0 aromatic carbocycles. The van der Waals surface area contributed by atoms with E-state index in [-0.39, 0.29) is 24.3 Å². The number of carbonyl (C=O) groups is 2. The molecule has 1 aliphatic heterocycles. The molecule has 0 aromatic heterocycles. The van der Waals surface area contributed by atoms with E-state index in [0.29, 0.717) is 0 Å². The highest BCUT2D eigenvalue weighted by Gasteiger charge is 2.29. The first-order valence-corrected chi connectivity index (χ1v) is 5.65. The summed E-state index contributed by atoms with van der Waals surface area (Å²) in [6, 6.07) is -0.327. The molecule has 0 radical (unpaired) electrons. The third kappa shape index (κ3) is 3.51. The van der Waals surface area contributed by atoms with Crippen molar-refractivity contribution in [3.8, 4) is 0 Å². The van der Waals surface area contributed by atoms with Crippen molar-refractivity contribution in [1.82, 2.24) is 10.6 Å². The lowest BCUT2D eigenvalue weighted by Crippen LogP contribution is -2.37. The molecule has 2 N–H and O–H groups in total. The van der Waals surface area contributed by atoms with Crippen LogP contribution in [0.4, 0.5) is 0 Å². The number of rotatable bonds is 6. The van der Waals surface area contributed by atoms with Crippen molar-refractivity contribution in [2.45, 2.75) is 12.5 Å². The highest BCUT2D eigenvalue weighted by molar-refractivity contribution is 7.99. The third-order valence-electron chi connectivity index (χ3n) is 1.84. The van der Waals surface area contributed by atoms with E-state index < -0.39 is 0 Å². The Bertz CT molecular complexity index is 243. The van der Waals surface area contributed by atoms with E-state index in [9.17, 15) is 9.59 Å². The van der Waals surface area contributed by atoms with Gasteiger partial charge in [0.1, 0.15) is 0 Å². The van der Waals surface area contributed by atoms with Crippen LogP contribution in [0.25, 0.3) is 0 Å². The molecule has 14 heavy (non-hydrogen) atoms. The van der Waals surface area contributed by atoms with Crippen molar-refractivity contribution in [3.05, 3.63) is 12.7 Å². The lowest BCUT2D eigenvalue weighted by Gasteiger charge is -2.07. The Hall–Kier alpha value is -0.810. The van der Waals surface area contributed by atoms with E-state index in [4.69, 9.17) is 0 Å². The summed E-state index contributed by atoms with van der Waals surface area (Å²) in [6.07, 6.45) is 2.11. The zero-order valence-corrected chi connectivity index (χ0v) is 8.73. The Morgan fingerprint density at radius 1 is 1.64 bits per heavy atom. The van der Waals surface area contributed by atoms with Crippen molar-refractivity contribution in [3.63, 3.8) is 0 Å². The fourth-order valence-corrected chi connectivity index (χ4v) is 1.79. The number of amides is 2. The number of thioether (sulfide) groups is 1. The van der Waals surface area contributed by atoms with Gasteiger partial charge in [-0.3, -0.25) is 14.9 Å². The second kappa shape index (κ2) is 5.82. The van der Waals surface area contributed by atoms with Gasteiger partial charge in [0.05, 0.1) is 12.5 Å². The summed E-state index contributed by atoms with van der Waals surface area (Å²) in [4.78, 5) is 21.9. The third-order valence-corrected chi connectivity index (χ3v) is 2.81. The second-order valence-corrected chi connectivity index (χ2v) is 4.14. The molecule has 1 heterocycles. The van der Waals surface area contributed by atoms with Crippen LogP contribution in [0.3, 0.4) is 0 Å².